The zero-order valence-corrected chi connectivity index (χ0v) is 18.4. The molecule has 2 aliphatic rings. The van der Waals surface area contributed by atoms with Gasteiger partial charge in [-0.05, 0) is 24.6 Å². The Morgan fingerprint density at radius 1 is 1.15 bits per heavy atom. The number of para-hydroxylation sites is 1. The molecule has 172 valence electrons. The molecule has 0 spiro atoms. The van der Waals surface area contributed by atoms with Crippen LogP contribution in [-0.2, 0) is 0 Å². The number of nitrogens with one attached hydrogen (secondary N) is 1. The van der Waals surface area contributed by atoms with Crippen molar-refractivity contribution in [3.05, 3.63) is 55.1 Å². The fourth-order valence-electron chi connectivity index (χ4n) is 4.95. The molecule has 0 aliphatic carbocycles. The zero-order chi connectivity index (χ0) is 23.2. The molecule has 2 fully saturated rings. The third-order valence-corrected chi connectivity index (χ3v) is 6.45. The molecule has 11 heteroatoms. The van der Waals surface area contributed by atoms with Crippen LogP contribution in [0.5, 0.6) is 5.88 Å². The van der Waals surface area contributed by atoms with Gasteiger partial charge in [0.2, 0.25) is 5.88 Å². The predicted molar refractivity (Wildman–Crippen MR) is 125 cm³/mol. The van der Waals surface area contributed by atoms with Crippen molar-refractivity contribution in [2.45, 2.75) is 18.5 Å². The number of benzene rings is 1. The summed E-state index contributed by atoms with van der Waals surface area (Å²) in [5.41, 5.74) is 2.52. The lowest BCUT2D eigenvalue weighted by Crippen LogP contribution is -2.48. The van der Waals surface area contributed by atoms with E-state index in [-0.39, 0.29) is 12.1 Å². The number of carboxylic acid groups (broad SMARTS) is 1. The van der Waals surface area contributed by atoms with Crippen molar-refractivity contribution >= 4 is 34.3 Å². The van der Waals surface area contributed by atoms with E-state index in [1.54, 1.807) is 31.9 Å². The maximum Gasteiger partial charge on any atom is 0.407 e. The van der Waals surface area contributed by atoms with Crippen LogP contribution in [-0.4, -0.2) is 73.1 Å². The predicted octanol–water partition coefficient (Wildman–Crippen LogP) is 2.90. The van der Waals surface area contributed by atoms with Crippen LogP contribution in [0.25, 0.3) is 16.6 Å². The molecular formula is C23H22N8O3. The Bertz CT molecular complexity index is 1380. The first-order valence-electron chi connectivity index (χ1n) is 10.9. The number of aromatic nitrogens is 5. The highest BCUT2D eigenvalue weighted by Gasteiger charge is 2.46. The lowest BCUT2D eigenvalue weighted by atomic mass is 10.2. The van der Waals surface area contributed by atoms with E-state index >= 15 is 0 Å². The van der Waals surface area contributed by atoms with Gasteiger partial charge in [0.05, 0.1) is 36.7 Å². The van der Waals surface area contributed by atoms with Gasteiger partial charge in [-0.3, -0.25) is 4.98 Å². The lowest BCUT2D eigenvalue weighted by Gasteiger charge is -2.34. The molecular weight excluding hydrogens is 436 g/mol. The van der Waals surface area contributed by atoms with Gasteiger partial charge in [0.1, 0.15) is 11.5 Å². The molecule has 2 atom stereocenters. The van der Waals surface area contributed by atoms with Crippen molar-refractivity contribution in [3.8, 4) is 11.6 Å². The van der Waals surface area contributed by atoms with E-state index < -0.39 is 6.09 Å². The van der Waals surface area contributed by atoms with Crippen LogP contribution in [0.15, 0.2) is 55.1 Å². The first-order chi connectivity index (χ1) is 16.6. The van der Waals surface area contributed by atoms with E-state index in [0.717, 1.165) is 28.7 Å². The van der Waals surface area contributed by atoms with Crippen molar-refractivity contribution in [2.24, 2.45) is 0 Å². The van der Waals surface area contributed by atoms with Crippen molar-refractivity contribution < 1.29 is 14.6 Å². The lowest BCUT2D eigenvalue weighted by molar-refractivity contribution is 0.137. The third kappa shape index (κ3) is 3.24. The van der Waals surface area contributed by atoms with Crippen molar-refractivity contribution in [1.82, 2.24) is 29.6 Å². The highest BCUT2D eigenvalue weighted by Crippen LogP contribution is 2.39. The molecule has 6 rings (SSSR count). The van der Waals surface area contributed by atoms with Crippen LogP contribution in [0.3, 0.4) is 0 Å². The maximum atomic E-state index is 11.5. The maximum absolute atomic E-state index is 11.5. The quantitative estimate of drug-likeness (QED) is 0.465. The fourth-order valence-corrected chi connectivity index (χ4v) is 4.95. The number of amides is 1. The number of pyridine rings is 1. The summed E-state index contributed by atoms with van der Waals surface area (Å²) in [5, 5.41) is 18.4. The Hall–Kier alpha value is -4.41. The van der Waals surface area contributed by atoms with Gasteiger partial charge in [-0.25, -0.2) is 19.4 Å². The Labute approximate surface area is 194 Å². The minimum absolute atomic E-state index is 0.0239. The van der Waals surface area contributed by atoms with E-state index in [1.165, 1.54) is 4.90 Å². The standard InChI is InChI=1S/C23H22N8O3/c1-34-22-19(29-12-16-8-15(29)13-30(16)23(32)33)9-14(10-26-22)31-18-5-3-2-4-17(18)21(28-31)27-20-11-24-6-7-25-20/h2-7,9-11,15-16H,8,12-13H2,1H3,(H,32,33)(H,25,27,28)/t15-,16-/m0/s1. The average molecular weight is 458 g/mol. The third-order valence-electron chi connectivity index (χ3n) is 6.45. The van der Waals surface area contributed by atoms with Crippen LogP contribution in [0.4, 0.5) is 22.1 Å². The number of methoxy groups -OCH3 is 1. The molecule has 2 aliphatic heterocycles. The number of carbonyl (C=O) groups is 1. The van der Waals surface area contributed by atoms with E-state index in [4.69, 9.17) is 9.84 Å². The Balaban J connectivity index is 1.39. The minimum Gasteiger partial charge on any atom is -0.480 e. The van der Waals surface area contributed by atoms with Gasteiger partial charge < -0.3 is 25.0 Å². The number of likely N-dealkylation sites (tertiary alicyclic amines) is 1. The summed E-state index contributed by atoms with van der Waals surface area (Å²) in [6.45, 7) is 1.09. The topological polar surface area (TPSA) is 122 Å². The largest absolute Gasteiger partial charge is 0.480 e. The molecule has 0 radical (unpaired) electrons. The average Bonchev–Trinajstić information content (AvgIpc) is 3.58. The van der Waals surface area contributed by atoms with Gasteiger partial charge in [-0.2, -0.15) is 0 Å². The molecule has 1 amide bonds. The van der Waals surface area contributed by atoms with Crippen LogP contribution in [0.1, 0.15) is 6.42 Å². The van der Waals surface area contributed by atoms with Crippen molar-refractivity contribution in [2.75, 3.05) is 30.4 Å². The Morgan fingerprint density at radius 3 is 2.76 bits per heavy atom. The van der Waals surface area contributed by atoms with E-state index in [0.29, 0.717) is 30.6 Å². The summed E-state index contributed by atoms with van der Waals surface area (Å²) in [5.74, 6) is 1.76. The summed E-state index contributed by atoms with van der Waals surface area (Å²) in [7, 11) is 1.59. The molecule has 0 unspecified atom stereocenters. The van der Waals surface area contributed by atoms with Gasteiger partial charge in [-0.1, -0.05) is 12.1 Å². The normalized spacial score (nSPS) is 19.1. The number of fused-ring (bicyclic) bond motifs is 3. The molecule has 2 bridgehead atoms. The number of piperazine rings is 1. The van der Waals surface area contributed by atoms with Gasteiger partial charge in [0.25, 0.3) is 0 Å². The minimum atomic E-state index is -0.864. The first kappa shape index (κ1) is 20.2. The molecule has 4 aromatic rings. The molecule has 34 heavy (non-hydrogen) atoms. The van der Waals surface area contributed by atoms with Crippen LogP contribution in [0, 0.1) is 0 Å². The zero-order valence-electron chi connectivity index (χ0n) is 18.4. The van der Waals surface area contributed by atoms with Crippen molar-refractivity contribution in [3.63, 3.8) is 0 Å². The Kier molecular flexibility index (Phi) is 4.68. The second-order valence-electron chi connectivity index (χ2n) is 8.35. The summed E-state index contributed by atoms with van der Waals surface area (Å²) < 4.78 is 7.40. The smallest absolute Gasteiger partial charge is 0.407 e. The molecule has 5 heterocycles. The summed E-state index contributed by atoms with van der Waals surface area (Å²) in [6.07, 6.45) is 6.55. The van der Waals surface area contributed by atoms with Gasteiger partial charge >= 0.3 is 6.09 Å². The first-order valence-corrected chi connectivity index (χ1v) is 10.9. The number of rotatable bonds is 5. The number of anilines is 3. The molecule has 11 nitrogen and oxygen atoms in total. The number of hydrogen-bond donors (Lipinski definition) is 2. The summed E-state index contributed by atoms with van der Waals surface area (Å²) in [6, 6.07) is 9.99. The number of ether oxygens (including phenoxy) is 1. The fraction of sp³-hybridized carbons (Fsp3) is 0.261. The second-order valence-corrected chi connectivity index (χ2v) is 8.35. The molecule has 0 saturated carbocycles. The molecule has 3 aromatic heterocycles. The summed E-state index contributed by atoms with van der Waals surface area (Å²) >= 11 is 0. The van der Waals surface area contributed by atoms with E-state index in [9.17, 15) is 9.90 Å². The van der Waals surface area contributed by atoms with Gasteiger partial charge in [0.15, 0.2) is 5.82 Å². The molecule has 2 saturated heterocycles. The van der Waals surface area contributed by atoms with Crippen LogP contribution < -0.4 is 15.0 Å². The number of hydrogen-bond acceptors (Lipinski definition) is 8. The van der Waals surface area contributed by atoms with Crippen molar-refractivity contribution in [1.29, 1.82) is 0 Å². The van der Waals surface area contributed by atoms with Crippen LogP contribution >= 0.6 is 0 Å². The highest BCUT2D eigenvalue weighted by atomic mass is 16.5. The second kappa shape index (κ2) is 7.87. The van der Waals surface area contributed by atoms with E-state index in [1.807, 2.05) is 35.0 Å². The highest BCUT2D eigenvalue weighted by molar-refractivity contribution is 5.92. The van der Waals surface area contributed by atoms with E-state index in [2.05, 4.69) is 25.2 Å². The van der Waals surface area contributed by atoms with Gasteiger partial charge in [-0.15, -0.1) is 5.10 Å². The monoisotopic (exact) mass is 458 g/mol. The molecule has 1 aromatic carbocycles. The summed E-state index contributed by atoms with van der Waals surface area (Å²) in [4.78, 5) is 28.2. The Morgan fingerprint density at radius 2 is 2.03 bits per heavy atom. The SMILES string of the molecule is COc1ncc(-n2nc(Nc3cnccn3)c3ccccc32)cc1N1C[C@@H]2C[C@H]1CN2C(=O)O. The van der Waals surface area contributed by atoms with Gasteiger partial charge in [0, 0.05) is 36.9 Å². The molecule has 2 N–H and O–H groups in total. The van der Waals surface area contributed by atoms with Crippen LogP contribution in [0.2, 0.25) is 0 Å². The number of nitrogens with zero attached hydrogens (tertiary/aromatic N) is 7.